The van der Waals surface area contributed by atoms with E-state index in [-0.39, 0.29) is 11.6 Å². The molecule has 1 aliphatic carbocycles. The molecule has 0 unspecified atom stereocenters. The average molecular weight is 310 g/mol. The molecule has 0 bridgehead atoms. The summed E-state index contributed by atoms with van der Waals surface area (Å²) in [5.74, 6) is 1.54. The molecule has 3 rings (SSSR count). The van der Waals surface area contributed by atoms with Gasteiger partial charge in [-0.05, 0) is 45.7 Å². The van der Waals surface area contributed by atoms with E-state index >= 15 is 0 Å². The maximum Gasteiger partial charge on any atom is 0.143 e. The van der Waals surface area contributed by atoms with Crippen LogP contribution in [0.25, 0.3) is 10.8 Å². The zero-order valence-electron chi connectivity index (χ0n) is 13.7. The number of nitrogens with zero attached hydrogens (tertiary/aromatic N) is 3. The van der Waals surface area contributed by atoms with E-state index in [9.17, 15) is 0 Å². The molecular weight excluding hydrogens is 288 g/mol. The van der Waals surface area contributed by atoms with Crippen molar-refractivity contribution in [2.45, 2.75) is 51.2 Å². The molecule has 6 nitrogen and oxygen atoms in total. The lowest BCUT2D eigenvalue weighted by molar-refractivity contribution is 0.248. The van der Waals surface area contributed by atoms with Crippen LogP contribution in [0.4, 0.5) is 11.6 Å². The first-order valence-electron chi connectivity index (χ1n) is 7.89. The second-order valence-corrected chi connectivity index (χ2v) is 6.96. The highest BCUT2D eigenvalue weighted by Gasteiger charge is 2.36. The normalized spacial score (nSPS) is 23.4. The molecule has 2 aromatic heterocycles. The zero-order chi connectivity index (χ0) is 16.6. The first kappa shape index (κ1) is 15.5. The Morgan fingerprint density at radius 2 is 2.13 bits per heavy atom. The first-order valence-corrected chi connectivity index (χ1v) is 7.89. The summed E-state index contributed by atoms with van der Waals surface area (Å²) in [7, 11) is 0. The Bertz CT molecular complexity index is 766. The number of fused-ring (bicyclic) bond motifs is 1. The highest BCUT2D eigenvalue weighted by molar-refractivity contribution is 5.93. The second-order valence-electron chi connectivity index (χ2n) is 6.96. The van der Waals surface area contributed by atoms with Crippen LogP contribution in [0.1, 0.15) is 39.3 Å². The molecule has 0 amide bonds. The Morgan fingerprint density at radius 3 is 2.74 bits per heavy atom. The van der Waals surface area contributed by atoms with E-state index in [1.54, 1.807) is 12.3 Å². The molecule has 4 N–H and O–H groups in total. The monoisotopic (exact) mass is 310 g/mol. The lowest BCUT2D eigenvalue weighted by Gasteiger charge is -2.42. The molecule has 1 saturated carbocycles. The van der Waals surface area contributed by atoms with E-state index in [1.165, 1.54) is 0 Å². The van der Waals surface area contributed by atoms with Crippen molar-refractivity contribution in [3.05, 3.63) is 24.0 Å². The van der Waals surface area contributed by atoms with Crippen LogP contribution in [0.5, 0.6) is 0 Å². The Kier molecular flexibility index (Phi) is 3.82. The number of hydrogen-bond acceptors (Lipinski definition) is 6. The van der Waals surface area contributed by atoms with Crippen molar-refractivity contribution in [3.8, 4) is 6.07 Å². The third-order valence-corrected chi connectivity index (χ3v) is 4.03. The van der Waals surface area contributed by atoms with E-state index in [4.69, 9.17) is 11.0 Å². The van der Waals surface area contributed by atoms with Gasteiger partial charge in [-0.3, -0.25) is 0 Å². The lowest BCUT2D eigenvalue weighted by Crippen LogP contribution is -2.54. The molecule has 2 heterocycles. The van der Waals surface area contributed by atoms with Gasteiger partial charge in [-0.15, -0.1) is 0 Å². The van der Waals surface area contributed by atoms with Crippen molar-refractivity contribution in [2.75, 3.05) is 10.6 Å². The van der Waals surface area contributed by atoms with Gasteiger partial charge in [0, 0.05) is 34.6 Å². The van der Waals surface area contributed by atoms with E-state index in [2.05, 4.69) is 33.6 Å². The van der Waals surface area contributed by atoms with Gasteiger partial charge < -0.3 is 16.4 Å². The molecule has 1 aliphatic rings. The number of nitrogens with one attached hydrogen (secondary N) is 2. The summed E-state index contributed by atoms with van der Waals surface area (Å²) in [4.78, 5) is 8.84. The number of anilines is 2. The van der Waals surface area contributed by atoms with E-state index in [0.717, 1.165) is 35.2 Å². The van der Waals surface area contributed by atoms with Gasteiger partial charge in [0.2, 0.25) is 0 Å². The van der Waals surface area contributed by atoms with Crippen LogP contribution in [0.2, 0.25) is 0 Å². The molecule has 0 radical (unpaired) electrons. The number of hydrogen-bond donors (Lipinski definition) is 3. The Hall–Kier alpha value is -2.39. The molecule has 23 heavy (non-hydrogen) atoms. The molecule has 1 fully saturated rings. The summed E-state index contributed by atoms with van der Waals surface area (Å²) in [6.07, 6.45) is 3.66. The third-order valence-electron chi connectivity index (χ3n) is 4.03. The maximum atomic E-state index is 9.13. The highest BCUT2D eigenvalue weighted by atomic mass is 15.1. The van der Waals surface area contributed by atoms with Gasteiger partial charge in [-0.2, -0.15) is 5.26 Å². The van der Waals surface area contributed by atoms with Gasteiger partial charge in [0.25, 0.3) is 0 Å². The topological polar surface area (TPSA) is 99.6 Å². The summed E-state index contributed by atoms with van der Waals surface area (Å²) in [6, 6.07) is 6.44. The molecule has 0 atom stereocenters. The molecular formula is C17H22N6. The van der Waals surface area contributed by atoms with E-state index in [1.807, 2.05) is 19.9 Å². The number of pyridine rings is 2. The van der Waals surface area contributed by atoms with Crippen LogP contribution < -0.4 is 16.4 Å². The molecule has 0 saturated heterocycles. The average Bonchev–Trinajstić information content (AvgIpc) is 2.45. The standard InChI is InChI=1S/C17H22N6/c1-10(2)21-16-14-5-15(22-13-6-17(3,19)7-13)20-9-11(14)4-12(8-18)23-16/h4-5,9-10,13H,6-7,19H2,1-3H3,(H,20,22)(H,21,23). The zero-order valence-corrected chi connectivity index (χ0v) is 13.7. The van der Waals surface area contributed by atoms with Crippen molar-refractivity contribution < 1.29 is 0 Å². The molecule has 0 aliphatic heterocycles. The Morgan fingerprint density at radius 1 is 1.39 bits per heavy atom. The summed E-state index contributed by atoms with van der Waals surface area (Å²) in [5, 5.41) is 17.7. The Balaban J connectivity index is 1.92. The van der Waals surface area contributed by atoms with Gasteiger partial charge in [0.05, 0.1) is 0 Å². The Labute approximate surface area is 136 Å². The van der Waals surface area contributed by atoms with Crippen molar-refractivity contribution in [2.24, 2.45) is 5.73 Å². The van der Waals surface area contributed by atoms with Gasteiger partial charge in [0.1, 0.15) is 23.4 Å². The van der Waals surface area contributed by atoms with E-state index in [0.29, 0.717) is 11.7 Å². The summed E-state index contributed by atoms with van der Waals surface area (Å²) in [6.45, 7) is 6.16. The summed E-state index contributed by atoms with van der Waals surface area (Å²) >= 11 is 0. The van der Waals surface area contributed by atoms with Crippen LogP contribution in [0.3, 0.4) is 0 Å². The summed E-state index contributed by atoms with van der Waals surface area (Å²) < 4.78 is 0. The van der Waals surface area contributed by atoms with Crippen LogP contribution in [0.15, 0.2) is 18.3 Å². The number of rotatable bonds is 4. The number of nitriles is 1. The molecule has 0 aromatic carbocycles. The highest BCUT2D eigenvalue weighted by Crippen LogP contribution is 2.32. The SMILES string of the molecule is CC(C)Nc1nc(C#N)cc2cnc(NC3CC(C)(N)C3)cc12. The van der Waals surface area contributed by atoms with Crippen molar-refractivity contribution >= 4 is 22.4 Å². The lowest BCUT2D eigenvalue weighted by atomic mass is 9.75. The largest absolute Gasteiger partial charge is 0.367 e. The summed E-state index contributed by atoms with van der Waals surface area (Å²) in [5.41, 5.74) is 6.38. The molecule has 120 valence electrons. The van der Waals surface area contributed by atoms with Crippen molar-refractivity contribution in [1.29, 1.82) is 5.26 Å². The van der Waals surface area contributed by atoms with Crippen LogP contribution in [0, 0.1) is 11.3 Å². The third kappa shape index (κ3) is 3.35. The predicted molar refractivity (Wildman–Crippen MR) is 92.2 cm³/mol. The van der Waals surface area contributed by atoms with Crippen LogP contribution in [-0.2, 0) is 0 Å². The minimum Gasteiger partial charge on any atom is -0.367 e. The van der Waals surface area contributed by atoms with Gasteiger partial charge in [0.15, 0.2) is 0 Å². The molecule has 0 spiro atoms. The van der Waals surface area contributed by atoms with Crippen molar-refractivity contribution in [3.63, 3.8) is 0 Å². The fourth-order valence-corrected chi connectivity index (χ4v) is 3.04. The number of aromatic nitrogens is 2. The quantitative estimate of drug-likeness (QED) is 0.802. The second kappa shape index (κ2) is 5.67. The van der Waals surface area contributed by atoms with E-state index < -0.39 is 0 Å². The molecule has 6 heteroatoms. The van der Waals surface area contributed by atoms with Gasteiger partial charge in [-0.1, -0.05) is 0 Å². The minimum absolute atomic E-state index is 0.0673. The predicted octanol–water partition coefficient (Wildman–Crippen LogP) is 2.61. The number of nitrogens with two attached hydrogens (primary N) is 1. The molecule has 2 aromatic rings. The van der Waals surface area contributed by atoms with Gasteiger partial charge >= 0.3 is 0 Å². The first-order chi connectivity index (χ1) is 10.9. The maximum absolute atomic E-state index is 9.13. The smallest absolute Gasteiger partial charge is 0.143 e. The van der Waals surface area contributed by atoms with Crippen molar-refractivity contribution in [1.82, 2.24) is 9.97 Å². The van der Waals surface area contributed by atoms with Gasteiger partial charge in [-0.25, -0.2) is 9.97 Å². The fourth-order valence-electron chi connectivity index (χ4n) is 3.04. The van der Waals surface area contributed by atoms with Crippen LogP contribution >= 0.6 is 0 Å². The van der Waals surface area contributed by atoms with Crippen LogP contribution in [-0.4, -0.2) is 27.6 Å². The minimum atomic E-state index is -0.0673. The fraction of sp³-hybridized carbons (Fsp3) is 0.471.